The molecule has 26 heavy (non-hydrogen) atoms. The highest BCUT2D eigenvalue weighted by Crippen LogP contribution is 2.24. The minimum atomic E-state index is -0.319. The fraction of sp³-hybridized carbons (Fsp3) is 0.600. The zero-order valence-corrected chi connectivity index (χ0v) is 15.2. The van der Waals surface area contributed by atoms with Gasteiger partial charge in [-0.3, -0.25) is 14.5 Å². The van der Waals surface area contributed by atoms with E-state index in [9.17, 15) is 14.0 Å². The summed E-state index contributed by atoms with van der Waals surface area (Å²) in [6.45, 7) is 1.92. The van der Waals surface area contributed by atoms with Gasteiger partial charge in [0.1, 0.15) is 5.82 Å². The minimum Gasteiger partial charge on any atom is -0.353 e. The summed E-state index contributed by atoms with van der Waals surface area (Å²) >= 11 is 0. The number of anilines is 1. The zero-order chi connectivity index (χ0) is 18.4. The predicted octanol–water partition coefficient (Wildman–Crippen LogP) is 2.93. The van der Waals surface area contributed by atoms with Crippen LogP contribution in [-0.4, -0.2) is 42.4 Å². The van der Waals surface area contributed by atoms with Crippen LogP contribution >= 0.6 is 0 Å². The molecule has 0 aromatic heterocycles. The zero-order valence-electron chi connectivity index (χ0n) is 15.2. The average Bonchev–Trinajstić information content (AvgIpc) is 2.66. The molecule has 3 rings (SSSR count). The fourth-order valence-electron chi connectivity index (χ4n) is 3.86. The van der Waals surface area contributed by atoms with Crippen LogP contribution in [0.1, 0.15) is 44.9 Å². The van der Waals surface area contributed by atoms with Crippen molar-refractivity contribution in [2.45, 2.75) is 51.0 Å². The Kier molecular flexibility index (Phi) is 6.61. The molecule has 1 heterocycles. The molecule has 1 saturated carbocycles. The molecule has 1 aromatic carbocycles. The highest BCUT2D eigenvalue weighted by atomic mass is 19.1. The average molecular weight is 361 g/mol. The third kappa shape index (κ3) is 5.53. The first kappa shape index (κ1) is 18.8. The maximum absolute atomic E-state index is 12.9. The van der Waals surface area contributed by atoms with E-state index in [4.69, 9.17) is 0 Å². The van der Waals surface area contributed by atoms with Gasteiger partial charge in [-0.2, -0.15) is 0 Å². The van der Waals surface area contributed by atoms with Crippen LogP contribution in [0.5, 0.6) is 0 Å². The number of nitrogens with one attached hydrogen (secondary N) is 2. The molecule has 1 saturated heterocycles. The summed E-state index contributed by atoms with van der Waals surface area (Å²) in [4.78, 5) is 26.6. The van der Waals surface area contributed by atoms with Crippen molar-refractivity contribution in [1.82, 2.24) is 10.2 Å². The molecule has 0 radical (unpaired) electrons. The van der Waals surface area contributed by atoms with E-state index in [-0.39, 0.29) is 29.6 Å². The number of amides is 2. The van der Waals surface area contributed by atoms with E-state index in [1.807, 2.05) is 0 Å². The monoisotopic (exact) mass is 361 g/mol. The molecule has 2 aliphatic rings. The first-order chi connectivity index (χ1) is 12.6. The fourth-order valence-corrected chi connectivity index (χ4v) is 3.86. The van der Waals surface area contributed by atoms with Crippen molar-refractivity contribution in [3.05, 3.63) is 30.1 Å². The lowest BCUT2D eigenvalue weighted by Crippen LogP contribution is -2.48. The van der Waals surface area contributed by atoms with Crippen molar-refractivity contribution in [3.63, 3.8) is 0 Å². The van der Waals surface area contributed by atoms with Crippen molar-refractivity contribution in [2.24, 2.45) is 5.92 Å². The van der Waals surface area contributed by atoms with Crippen molar-refractivity contribution in [2.75, 3.05) is 25.0 Å². The Morgan fingerprint density at radius 1 is 1.00 bits per heavy atom. The van der Waals surface area contributed by atoms with Gasteiger partial charge in [0.25, 0.3) is 0 Å². The van der Waals surface area contributed by atoms with E-state index in [0.29, 0.717) is 12.2 Å². The first-order valence-electron chi connectivity index (χ1n) is 9.68. The van der Waals surface area contributed by atoms with Gasteiger partial charge in [0.2, 0.25) is 11.8 Å². The van der Waals surface area contributed by atoms with Crippen LogP contribution in [0.4, 0.5) is 10.1 Å². The van der Waals surface area contributed by atoms with Crippen molar-refractivity contribution < 1.29 is 14.0 Å². The summed E-state index contributed by atoms with van der Waals surface area (Å²) in [5, 5.41) is 5.99. The molecule has 5 nitrogen and oxygen atoms in total. The van der Waals surface area contributed by atoms with E-state index >= 15 is 0 Å². The minimum absolute atomic E-state index is 0.0960. The molecule has 2 amide bonds. The maximum Gasteiger partial charge on any atom is 0.238 e. The molecule has 1 aliphatic carbocycles. The maximum atomic E-state index is 12.9. The number of carbonyl (C=O) groups is 2. The van der Waals surface area contributed by atoms with Crippen LogP contribution in [0, 0.1) is 11.7 Å². The largest absolute Gasteiger partial charge is 0.353 e. The van der Waals surface area contributed by atoms with Gasteiger partial charge < -0.3 is 10.6 Å². The standard InChI is InChI=1S/C20H28FN3O2/c21-16-6-8-17(9-7-16)22-19(25)14-24-12-10-18(11-13-24)23-20(26)15-4-2-1-3-5-15/h6-9,15,18H,1-5,10-14H2,(H,22,25)(H,23,26). The van der Waals surface area contributed by atoms with Crippen LogP contribution in [0.25, 0.3) is 0 Å². The lowest BCUT2D eigenvalue weighted by atomic mass is 9.88. The number of hydrogen-bond donors (Lipinski definition) is 2. The van der Waals surface area contributed by atoms with Gasteiger partial charge >= 0.3 is 0 Å². The number of likely N-dealkylation sites (tertiary alicyclic amines) is 1. The second kappa shape index (κ2) is 9.12. The van der Waals surface area contributed by atoms with Crippen LogP contribution in [-0.2, 0) is 9.59 Å². The van der Waals surface area contributed by atoms with Gasteiger partial charge in [-0.05, 0) is 49.9 Å². The smallest absolute Gasteiger partial charge is 0.238 e. The summed E-state index contributed by atoms with van der Waals surface area (Å²) in [5.41, 5.74) is 0.603. The number of hydrogen-bond acceptors (Lipinski definition) is 3. The molecule has 142 valence electrons. The lowest BCUT2D eigenvalue weighted by molar-refractivity contribution is -0.127. The predicted molar refractivity (Wildman–Crippen MR) is 99.2 cm³/mol. The topological polar surface area (TPSA) is 61.4 Å². The summed E-state index contributed by atoms with van der Waals surface area (Å²) in [5.74, 6) is 0.00196. The summed E-state index contributed by atoms with van der Waals surface area (Å²) < 4.78 is 12.9. The molecule has 2 N–H and O–H groups in total. The molecule has 1 aromatic rings. The molecule has 0 unspecified atom stereocenters. The van der Waals surface area contributed by atoms with Gasteiger partial charge in [0.05, 0.1) is 6.54 Å². The van der Waals surface area contributed by atoms with Crippen LogP contribution in [0.3, 0.4) is 0 Å². The summed E-state index contributed by atoms with van der Waals surface area (Å²) in [7, 11) is 0. The summed E-state index contributed by atoms with van der Waals surface area (Å²) in [6, 6.07) is 5.99. The molecular weight excluding hydrogens is 333 g/mol. The molecule has 2 fully saturated rings. The number of rotatable bonds is 5. The SMILES string of the molecule is O=C(CN1CCC(NC(=O)C2CCCCC2)CC1)Nc1ccc(F)cc1. The summed E-state index contributed by atoms with van der Waals surface area (Å²) in [6.07, 6.45) is 7.38. The van der Waals surface area contributed by atoms with Gasteiger partial charge in [0, 0.05) is 30.7 Å². The number of benzene rings is 1. The Balaban J connectivity index is 1.37. The van der Waals surface area contributed by atoms with Crippen molar-refractivity contribution in [1.29, 1.82) is 0 Å². The Morgan fingerprint density at radius 3 is 2.31 bits per heavy atom. The van der Waals surface area contributed by atoms with E-state index in [2.05, 4.69) is 15.5 Å². The normalized spacial score (nSPS) is 19.9. The van der Waals surface area contributed by atoms with Gasteiger partial charge in [-0.1, -0.05) is 19.3 Å². The van der Waals surface area contributed by atoms with Crippen LogP contribution < -0.4 is 10.6 Å². The number of carbonyl (C=O) groups excluding carboxylic acids is 2. The second-order valence-corrected chi connectivity index (χ2v) is 7.45. The van der Waals surface area contributed by atoms with Crippen LogP contribution in [0.2, 0.25) is 0 Å². The number of halogens is 1. The lowest BCUT2D eigenvalue weighted by Gasteiger charge is -2.33. The molecule has 0 bridgehead atoms. The highest BCUT2D eigenvalue weighted by Gasteiger charge is 2.26. The number of nitrogens with zero attached hydrogens (tertiary/aromatic N) is 1. The number of piperidine rings is 1. The Bertz CT molecular complexity index is 606. The van der Waals surface area contributed by atoms with E-state index in [1.54, 1.807) is 12.1 Å². The molecule has 6 heteroatoms. The van der Waals surface area contributed by atoms with Gasteiger partial charge in [0.15, 0.2) is 0 Å². The Morgan fingerprint density at radius 2 is 1.65 bits per heavy atom. The van der Waals surface area contributed by atoms with E-state index in [1.165, 1.54) is 31.4 Å². The van der Waals surface area contributed by atoms with E-state index < -0.39 is 0 Å². The van der Waals surface area contributed by atoms with Gasteiger partial charge in [-0.25, -0.2) is 4.39 Å². The molecule has 0 atom stereocenters. The van der Waals surface area contributed by atoms with Crippen LogP contribution in [0.15, 0.2) is 24.3 Å². The van der Waals surface area contributed by atoms with Crippen molar-refractivity contribution >= 4 is 17.5 Å². The highest BCUT2D eigenvalue weighted by molar-refractivity contribution is 5.92. The first-order valence-corrected chi connectivity index (χ1v) is 9.68. The molecular formula is C20H28FN3O2. The third-order valence-electron chi connectivity index (χ3n) is 5.41. The molecule has 1 aliphatic heterocycles. The molecule has 0 spiro atoms. The Labute approximate surface area is 154 Å². The van der Waals surface area contributed by atoms with E-state index in [0.717, 1.165) is 38.8 Å². The van der Waals surface area contributed by atoms with Crippen molar-refractivity contribution in [3.8, 4) is 0 Å². The second-order valence-electron chi connectivity index (χ2n) is 7.45. The van der Waals surface area contributed by atoms with Gasteiger partial charge in [-0.15, -0.1) is 0 Å². The Hall–Kier alpha value is -1.95. The third-order valence-corrected chi connectivity index (χ3v) is 5.41. The quantitative estimate of drug-likeness (QED) is 0.848.